The van der Waals surface area contributed by atoms with Gasteiger partial charge in [0.2, 0.25) is 0 Å². The number of aryl methyl sites for hydroxylation is 1. The van der Waals surface area contributed by atoms with Crippen molar-refractivity contribution in [3.8, 4) is 22.6 Å². The van der Waals surface area contributed by atoms with Crippen molar-refractivity contribution in [2.75, 3.05) is 27.2 Å². The number of hydrogen-bond acceptors (Lipinski definition) is 6. The van der Waals surface area contributed by atoms with Crippen LogP contribution in [0.25, 0.3) is 22.6 Å². The van der Waals surface area contributed by atoms with Crippen LogP contribution in [0.3, 0.4) is 0 Å². The molecular formula is C22H25N5O2. The monoisotopic (exact) mass is 391 g/mol. The largest absolute Gasteiger partial charge is 0.311 e. The maximum atomic E-state index is 11.3. The molecule has 29 heavy (non-hydrogen) atoms. The summed E-state index contributed by atoms with van der Waals surface area (Å²) in [6.07, 6.45) is 0. The van der Waals surface area contributed by atoms with E-state index in [0.29, 0.717) is 17.9 Å². The zero-order chi connectivity index (χ0) is 20.8. The Balaban J connectivity index is 2.05. The topological polar surface area (TPSA) is 84.2 Å². The SMILES string of the molecule is Cc1nc(-c2ccccc2)nc(-c2cccc([N+](=O)[O-])c2)c1CNCCN(C)C. The van der Waals surface area contributed by atoms with E-state index in [1.165, 1.54) is 6.07 Å². The van der Waals surface area contributed by atoms with E-state index in [1.807, 2.05) is 57.4 Å². The first-order valence-corrected chi connectivity index (χ1v) is 9.49. The van der Waals surface area contributed by atoms with E-state index >= 15 is 0 Å². The van der Waals surface area contributed by atoms with Gasteiger partial charge in [0.25, 0.3) is 5.69 Å². The summed E-state index contributed by atoms with van der Waals surface area (Å²) in [5.74, 6) is 0.613. The van der Waals surface area contributed by atoms with Crippen LogP contribution in [-0.4, -0.2) is 47.0 Å². The number of non-ortho nitro benzene ring substituents is 1. The highest BCUT2D eigenvalue weighted by Gasteiger charge is 2.16. The number of nitrogens with one attached hydrogen (secondary N) is 1. The quantitative estimate of drug-likeness (QED) is 0.358. The summed E-state index contributed by atoms with van der Waals surface area (Å²) in [6.45, 7) is 4.28. The summed E-state index contributed by atoms with van der Waals surface area (Å²) in [7, 11) is 4.05. The number of nitro groups is 1. The maximum absolute atomic E-state index is 11.3. The van der Waals surface area contributed by atoms with Gasteiger partial charge in [0.1, 0.15) is 0 Å². The van der Waals surface area contributed by atoms with Crippen LogP contribution in [0.1, 0.15) is 11.3 Å². The summed E-state index contributed by atoms with van der Waals surface area (Å²) in [4.78, 5) is 22.5. The molecule has 0 saturated carbocycles. The highest BCUT2D eigenvalue weighted by atomic mass is 16.6. The molecule has 3 aromatic rings. The number of nitrogens with zero attached hydrogens (tertiary/aromatic N) is 4. The standard InChI is InChI=1S/C22H25N5O2/c1-16-20(15-23-12-13-26(2)3)21(18-10-7-11-19(14-18)27(28)29)25-22(24-16)17-8-5-4-6-9-17/h4-11,14,23H,12-13,15H2,1-3H3. The highest BCUT2D eigenvalue weighted by molar-refractivity contribution is 5.69. The number of nitro benzene ring substituents is 1. The minimum absolute atomic E-state index is 0.0477. The fourth-order valence-corrected chi connectivity index (χ4v) is 3.05. The third-order valence-electron chi connectivity index (χ3n) is 4.61. The van der Waals surface area contributed by atoms with Gasteiger partial charge < -0.3 is 10.2 Å². The number of aromatic nitrogens is 2. The molecule has 7 heteroatoms. The molecule has 2 aromatic carbocycles. The van der Waals surface area contributed by atoms with Gasteiger partial charge in [0.05, 0.1) is 10.6 Å². The molecule has 150 valence electrons. The molecule has 7 nitrogen and oxygen atoms in total. The molecule has 1 aromatic heterocycles. The Kier molecular flexibility index (Phi) is 6.64. The molecule has 0 atom stereocenters. The zero-order valence-electron chi connectivity index (χ0n) is 16.9. The van der Waals surface area contributed by atoms with Crippen molar-refractivity contribution in [2.24, 2.45) is 0 Å². The molecule has 0 radical (unpaired) electrons. The van der Waals surface area contributed by atoms with Gasteiger partial charge >= 0.3 is 0 Å². The second kappa shape index (κ2) is 9.36. The van der Waals surface area contributed by atoms with E-state index in [9.17, 15) is 10.1 Å². The minimum Gasteiger partial charge on any atom is -0.311 e. The molecule has 0 amide bonds. The Labute approximate surface area is 170 Å². The average molecular weight is 391 g/mol. The number of hydrogen-bond donors (Lipinski definition) is 1. The van der Waals surface area contributed by atoms with Crippen molar-refractivity contribution < 1.29 is 4.92 Å². The average Bonchev–Trinajstić information content (AvgIpc) is 2.72. The lowest BCUT2D eigenvalue weighted by Crippen LogP contribution is -2.26. The Morgan fingerprint density at radius 2 is 1.76 bits per heavy atom. The third-order valence-corrected chi connectivity index (χ3v) is 4.61. The molecule has 0 spiro atoms. The van der Waals surface area contributed by atoms with Crippen LogP contribution in [0.2, 0.25) is 0 Å². The van der Waals surface area contributed by atoms with Crippen molar-refractivity contribution in [2.45, 2.75) is 13.5 Å². The summed E-state index contributed by atoms with van der Waals surface area (Å²) >= 11 is 0. The van der Waals surface area contributed by atoms with Crippen LogP contribution >= 0.6 is 0 Å². The molecule has 3 rings (SSSR count). The summed E-state index contributed by atoms with van der Waals surface area (Å²) < 4.78 is 0. The predicted octanol–water partition coefficient (Wildman–Crippen LogP) is 3.68. The fourth-order valence-electron chi connectivity index (χ4n) is 3.05. The molecule has 0 unspecified atom stereocenters. The van der Waals surface area contributed by atoms with Crippen molar-refractivity contribution in [3.05, 3.63) is 76.0 Å². The first kappa shape index (κ1) is 20.6. The van der Waals surface area contributed by atoms with Gasteiger partial charge in [0, 0.05) is 54.2 Å². The lowest BCUT2D eigenvalue weighted by atomic mass is 10.0. The third kappa shape index (κ3) is 5.22. The van der Waals surface area contributed by atoms with Gasteiger partial charge in [-0.25, -0.2) is 9.97 Å². The molecule has 0 saturated heterocycles. The van der Waals surface area contributed by atoms with E-state index in [1.54, 1.807) is 12.1 Å². The molecule has 0 bridgehead atoms. The first-order valence-electron chi connectivity index (χ1n) is 9.49. The van der Waals surface area contributed by atoms with Gasteiger partial charge in [-0.3, -0.25) is 10.1 Å². The van der Waals surface area contributed by atoms with Crippen molar-refractivity contribution in [1.29, 1.82) is 0 Å². The minimum atomic E-state index is -0.384. The Bertz CT molecular complexity index is 990. The molecule has 1 heterocycles. The van der Waals surface area contributed by atoms with E-state index in [0.717, 1.165) is 35.6 Å². The van der Waals surface area contributed by atoms with Crippen LogP contribution in [-0.2, 0) is 6.54 Å². The smallest absolute Gasteiger partial charge is 0.270 e. The van der Waals surface area contributed by atoms with E-state index in [2.05, 4.69) is 10.2 Å². The number of rotatable bonds is 8. The fraction of sp³-hybridized carbons (Fsp3) is 0.273. The second-order valence-corrected chi connectivity index (χ2v) is 7.11. The van der Waals surface area contributed by atoms with Gasteiger partial charge in [-0.1, -0.05) is 42.5 Å². The van der Waals surface area contributed by atoms with Crippen LogP contribution in [0, 0.1) is 17.0 Å². The maximum Gasteiger partial charge on any atom is 0.270 e. The van der Waals surface area contributed by atoms with Gasteiger partial charge in [-0.2, -0.15) is 0 Å². The predicted molar refractivity (Wildman–Crippen MR) is 115 cm³/mol. The van der Waals surface area contributed by atoms with Gasteiger partial charge in [0.15, 0.2) is 5.82 Å². The van der Waals surface area contributed by atoms with E-state index < -0.39 is 0 Å². The second-order valence-electron chi connectivity index (χ2n) is 7.11. The van der Waals surface area contributed by atoms with Crippen LogP contribution in [0.15, 0.2) is 54.6 Å². The number of benzene rings is 2. The van der Waals surface area contributed by atoms with E-state index in [4.69, 9.17) is 9.97 Å². The molecule has 0 aliphatic rings. The number of likely N-dealkylation sites (N-methyl/N-ethyl adjacent to an activating group) is 1. The molecule has 0 aliphatic carbocycles. The summed E-state index contributed by atoms with van der Waals surface area (Å²) in [6, 6.07) is 16.4. The zero-order valence-corrected chi connectivity index (χ0v) is 16.9. The molecular weight excluding hydrogens is 366 g/mol. The summed E-state index contributed by atoms with van der Waals surface area (Å²) in [5.41, 5.74) is 4.20. The van der Waals surface area contributed by atoms with Crippen molar-refractivity contribution in [1.82, 2.24) is 20.2 Å². The van der Waals surface area contributed by atoms with Crippen LogP contribution in [0.5, 0.6) is 0 Å². The molecule has 0 aliphatic heterocycles. The van der Waals surface area contributed by atoms with Crippen LogP contribution in [0.4, 0.5) is 5.69 Å². The van der Waals surface area contributed by atoms with Crippen molar-refractivity contribution in [3.63, 3.8) is 0 Å². The lowest BCUT2D eigenvalue weighted by molar-refractivity contribution is -0.384. The summed E-state index contributed by atoms with van der Waals surface area (Å²) in [5, 5.41) is 14.7. The van der Waals surface area contributed by atoms with Crippen LogP contribution < -0.4 is 5.32 Å². The van der Waals surface area contributed by atoms with Gasteiger partial charge in [-0.15, -0.1) is 0 Å². The van der Waals surface area contributed by atoms with E-state index in [-0.39, 0.29) is 10.6 Å². The normalized spacial score (nSPS) is 11.0. The Morgan fingerprint density at radius 1 is 1.03 bits per heavy atom. The lowest BCUT2D eigenvalue weighted by Gasteiger charge is -2.16. The first-order chi connectivity index (χ1) is 14.0. The Hall–Kier alpha value is -3.16. The van der Waals surface area contributed by atoms with Crippen molar-refractivity contribution >= 4 is 5.69 Å². The molecule has 1 N–H and O–H groups in total. The Morgan fingerprint density at radius 3 is 2.45 bits per heavy atom. The highest BCUT2D eigenvalue weighted by Crippen LogP contribution is 2.29. The van der Waals surface area contributed by atoms with Gasteiger partial charge in [-0.05, 0) is 21.0 Å². The molecule has 0 fully saturated rings.